The van der Waals surface area contributed by atoms with Gasteiger partial charge in [0.15, 0.2) is 0 Å². The number of benzene rings is 1. The van der Waals surface area contributed by atoms with E-state index in [1.54, 1.807) is 29.2 Å². The van der Waals surface area contributed by atoms with E-state index in [1.165, 1.54) is 0 Å². The van der Waals surface area contributed by atoms with Crippen LogP contribution < -0.4 is 11.1 Å². The Labute approximate surface area is 167 Å². The number of rotatable bonds is 6. The summed E-state index contributed by atoms with van der Waals surface area (Å²) in [4.78, 5) is 26.9. The van der Waals surface area contributed by atoms with Crippen molar-refractivity contribution in [3.05, 3.63) is 34.9 Å². The number of nitrogens with two attached hydrogens (primary N) is 1. The molecule has 26 heavy (non-hydrogen) atoms. The second kappa shape index (κ2) is 10.1. The minimum Gasteiger partial charge on any atom is -0.354 e. The van der Waals surface area contributed by atoms with Crippen molar-refractivity contribution in [2.24, 2.45) is 11.7 Å². The van der Waals surface area contributed by atoms with Crippen LogP contribution in [0.5, 0.6) is 0 Å². The van der Waals surface area contributed by atoms with E-state index in [4.69, 9.17) is 17.3 Å². The van der Waals surface area contributed by atoms with E-state index in [2.05, 4.69) is 5.32 Å². The molecule has 0 spiro atoms. The molecule has 1 heterocycles. The van der Waals surface area contributed by atoms with E-state index in [0.717, 1.165) is 25.7 Å². The van der Waals surface area contributed by atoms with Gasteiger partial charge < -0.3 is 16.0 Å². The van der Waals surface area contributed by atoms with Gasteiger partial charge in [-0.15, -0.1) is 12.4 Å². The monoisotopic (exact) mass is 401 g/mol. The van der Waals surface area contributed by atoms with Crippen molar-refractivity contribution in [2.45, 2.75) is 45.1 Å². The fourth-order valence-electron chi connectivity index (χ4n) is 3.06. The molecular weight excluding hydrogens is 373 g/mol. The predicted octanol–water partition coefficient (Wildman–Crippen LogP) is 3.25. The molecule has 1 saturated heterocycles. The van der Waals surface area contributed by atoms with Gasteiger partial charge in [-0.1, -0.05) is 25.4 Å². The van der Waals surface area contributed by atoms with Crippen LogP contribution in [-0.2, 0) is 4.79 Å². The maximum atomic E-state index is 12.6. The Bertz CT molecular complexity index is 603. The lowest BCUT2D eigenvalue weighted by Gasteiger charge is -2.33. The van der Waals surface area contributed by atoms with Crippen molar-refractivity contribution < 1.29 is 9.59 Å². The van der Waals surface area contributed by atoms with E-state index < -0.39 is 0 Å². The van der Waals surface area contributed by atoms with Crippen LogP contribution in [0.2, 0.25) is 5.02 Å². The van der Waals surface area contributed by atoms with Crippen molar-refractivity contribution in [1.29, 1.82) is 0 Å². The molecule has 3 N–H and O–H groups in total. The Morgan fingerprint density at radius 2 is 1.88 bits per heavy atom. The van der Waals surface area contributed by atoms with Crippen LogP contribution in [0.1, 0.15) is 49.9 Å². The quantitative estimate of drug-likeness (QED) is 0.767. The third-order valence-corrected chi connectivity index (χ3v) is 5.45. The van der Waals surface area contributed by atoms with Gasteiger partial charge >= 0.3 is 0 Å². The molecule has 0 aromatic heterocycles. The largest absolute Gasteiger partial charge is 0.354 e. The SMILES string of the molecule is CCC(N)(CC)CNC(=O)C1CCCN(C(=O)c2ccc(Cl)cc2)C1.Cl. The van der Waals surface area contributed by atoms with E-state index in [1.807, 2.05) is 13.8 Å². The zero-order valence-corrected chi connectivity index (χ0v) is 17.0. The summed E-state index contributed by atoms with van der Waals surface area (Å²) in [5, 5.41) is 3.58. The molecule has 1 unspecified atom stereocenters. The molecule has 1 fully saturated rings. The Hall–Kier alpha value is -1.30. The van der Waals surface area contributed by atoms with Gasteiger partial charge in [0.1, 0.15) is 0 Å². The summed E-state index contributed by atoms with van der Waals surface area (Å²) >= 11 is 5.87. The summed E-state index contributed by atoms with van der Waals surface area (Å²) in [5.74, 6) is -0.238. The summed E-state index contributed by atoms with van der Waals surface area (Å²) in [5.41, 5.74) is 6.49. The number of carbonyl (C=O) groups is 2. The molecule has 0 saturated carbocycles. The second-order valence-electron chi connectivity index (χ2n) is 6.88. The van der Waals surface area contributed by atoms with Crippen LogP contribution in [0.15, 0.2) is 24.3 Å². The first-order valence-electron chi connectivity index (χ1n) is 9.00. The lowest BCUT2D eigenvalue weighted by atomic mass is 9.92. The fraction of sp³-hybridized carbons (Fsp3) is 0.579. The topological polar surface area (TPSA) is 75.4 Å². The van der Waals surface area contributed by atoms with Crippen LogP contribution in [0, 0.1) is 5.92 Å². The highest BCUT2D eigenvalue weighted by Gasteiger charge is 2.30. The van der Waals surface area contributed by atoms with E-state index >= 15 is 0 Å². The zero-order chi connectivity index (χ0) is 18.4. The molecule has 1 aromatic rings. The van der Waals surface area contributed by atoms with E-state index in [9.17, 15) is 9.59 Å². The Balaban J connectivity index is 0.00000338. The van der Waals surface area contributed by atoms with Crippen molar-refractivity contribution in [3.63, 3.8) is 0 Å². The number of carbonyl (C=O) groups excluding carboxylic acids is 2. The molecule has 0 radical (unpaired) electrons. The second-order valence-corrected chi connectivity index (χ2v) is 7.32. The highest BCUT2D eigenvalue weighted by molar-refractivity contribution is 6.30. The van der Waals surface area contributed by atoms with Gasteiger partial charge in [0.25, 0.3) is 5.91 Å². The lowest BCUT2D eigenvalue weighted by molar-refractivity contribution is -0.126. The fourth-order valence-corrected chi connectivity index (χ4v) is 3.18. The standard InChI is InChI=1S/C19H28ClN3O2.ClH/c1-3-19(21,4-2)13-22-17(24)15-6-5-11-23(12-15)18(25)14-7-9-16(20)10-8-14;/h7-10,15H,3-6,11-13,21H2,1-2H3,(H,22,24);1H. The molecule has 0 aliphatic carbocycles. The first-order valence-corrected chi connectivity index (χ1v) is 9.37. The lowest BCUT2D eigenvalue weighted by Crippen LogP contribution is -2.52. The summed E-state index contributed by atoms with van der Waals surface area (Å²) in [6.45, 7) is 5.66. The molecule has 2 rings (SSSR count). The van der Waals surface area contributed by atoms with Crippen LogP contribution in [0.3, 0.4) is 0 Å². The summed E-state index contributed by atoms with van der Waals surface area (Å²) in [6, 6.07) is 6.86. The molecule has 1 atom stereocenters. The van der Waals surface area contributed by atoms with Gasteiger partial charge in [0.2, 0.25) is 5.91 Å². The normalized spacial score (nSPS) is 17.4. The molecule has 7 heteroatoms. The third kappa shape index (κ3) is 5.86. The average molecular weight is 402 g/mol. The third-order valence-electron chi connectivity index (χ3n) is 5.19. The van der Waals surface area contributed by atoms with Gasteiger partial charge in [0.05, 0.1) is 5.92 Å². The van der Waals surface area contributed by atoms with Crippen LogP contribution in [-0.4, -0.2) is 41.9 Å². The first-order chi connectivity index (χ1) is 11.9. The van der Waals surface area contributed by atoms with Crippen molar-refractivity contribution in [3.8, 4) is 0 Å². The summed E-state index contributed by atoms with van der Waals surface area (Å²) < 4.78 is 0. The molecule has 5 nitrogen and oxygen atoms in total. The molecular formula is C19H29Cl2N3O2. The van der Waals surface area contributed by atoms with E-state index in [-0.39, 0.29) is 35.7 Å². The number of nitrogens with zero attached hydrogens (tertiary/aromatic N) is 1. The average Bonchev–Trinajstić information content (AvgIpc) is 2.66. The Morgan fingerprint density at radius 3 is 2.46 bits per heavy atom. The minimum atomic E-state index is -0.358. The molecule has 0 bridgehead atoms. The summed E-state index contributed by atoms with van der Waals surface area (Å²) in [7, 11) is 0. The van der Waals surface area contributed by atoms with Gasteiger partial charge in [-0.25, -0.2) is 0 Å². The highest BCUT2D eigenvalue weighted by Crippen LogP contribution is 2.20. The van der Waals surface area contributed by atoms with Gasteiger partial charge in [-0.3, -0.25) is 9.59 Å². The maximum Gasteiger partial charge on any atom is 0.253 e. The van der Waals surface area contributed by atoms with E-state index in [0.29, 0.717) is 30.2 Å². The van der Waals surface area contributed by atoms with Crippen LogP contribution >= 0.6 is 24.0 Å². The number of hydrogen-bond acceptors (Lipinski definition) is 3. The smallest absolute Gasteiger partial charge is 0.253 e. The van der Waals surface area contributed by atoms with Crippen LogP contribution in [0.4, 0.5) is 0 Å². The predicted molar refractivity (Wildman–Crippen MR) is 108 cm³/mol. The van der Waals surface area contributed by atoms with Gasteiger partial charge in [-0.05, 0) is 49.9 Å². The number of nitrogens with one attached hydrogen (secondary N) is 1. The van der Waals surface area contributed by atoms with Crippen LogP contribution in [0.25, 0.3) is 0 Å². The highest BCUT2D eigenvalue weighted by atomic mass is 35.5. The van der Waals surface area contributed by atoms with Gasteiger partial charge in [0, 0.05) is 35.8 Å². The van der Waals surface area contributed by atoms with Crippen molar-refractivity contribution in [1.82, 2.24) is 10.2 Å². The van der Waals surface area contributed by atoms with Crippen molar-refractivity contribution in [2.75, 3.05) is 19.6 Å². The van der Waals surface area contributed by atoms with Crippen molar-refractivity contribution >= 4 is 35.8 Å². The molecule has 1 aromatic carbocycles. The number of halogens is 2. The first kappa shape index (κ1) is 22.7. The zero-order valence-electron chi connectivity index (χ0n) is 15.5. The number of hydrogen-bond donors (Lipinski definition) is 2. The molecule has 2 amide bonds. The minimum absolute atomic E-state index is 0. The van der Waals surface area contributed by atoms with Gasteiger partial charge in [-0.2, -0.15) is 0 Å². The maximum absolute atomic E-state index is 12.6. The number of likely N-dealkylation sites (tertiary alicyclic amines) is 1. The molecule has 146 valence electrons. The Kier molecular flexibility index (Phi) is 8.87. The molecule has 1 aliphatic heterocycles. The summed E-state index contributed by atoms with van der Waals surface area (Å²) in [6.07, 6.45) is 3.25. The molecule has 1 aliphatic rings. The number of piperidine rings is 1. The Morgan fingerprint density at radius 1 is 1.27 bits per heavy atom. The number of amides is 2.